The predicted molar refractivity (Wildman–Crippen MR) is 82.2 cm³/mol. The van der Waals surface area contributed by atoms with Gasteiger partial charge in [-0.2, -0.15) is 0 Å². The van der Waals surface area contributed by atoms with E-state index in [0.29, 0.717) is 6.42 Å². The molecule has 0 bridgehead atoms. The second-order valence-corrected chi connectivity index (χ2v) is 6.50. The fourth-order valence-electron chi connectivity index (χ4n) is 1.91. The summed E-state index contributed by atoms with van der Waals surface area (Å²) in [5.41, 5.74) is 0.952. The maximum Gasteiger partial charge on any atom is 0.311 e. The monoisotopic (exact) mass is 303 g/mol. The lowest BCUT2D eigenvalue weighted by Crippen LogP contribution is -2.10. The van der Waals surface area contributed by atoms with Gasteiger partial charge in [0.15, 0.2) is 6.10 Å². The molecule has 1 aromatic carbocycles. The topological polar surface area (TPSA) is 39.2 Å². The fraction of sp³-hybridized carbons (Fsp3) is 0.200. The number of esters is 1. The van der Waals surface area contributed by atoms with E-state index in [0.717, 1.165) is 20.1 Å². The number of para-hydroxylation sites is 1. The van der Waals surface area contributed by atoms with Gasteiger partial charge in [0.05, 0.1) is 16.6 Å². The number of thiazole rings is 1. The highest BCUT2D eigenvalue weighted by atomic mass is 32.1. The number of carbonyl (C=O) groups is 1. The van der Waals surface area contributed by atoms with Crippen LogP contribution in [0.2, 0.25) is 0 Å². The Balaban J connectivity index is 1.69. The molecule has 0 amide bonds. The van der Waals surface area contributed by atoms with E-state index in [2.05, 4.69) is 4.98 Å². The van der Waals surface area contributed by atoms with Crippen LogP contribution in [-0.2, 0) is 16.0 Å². The number of benzene rings is 1. The molecule has 0 fully saturated rings. The lowest BCUT2D eigenvalue weighted by atomic mass is 10.3. The van der Waals surface area contributed by atoms with Gasteiger partial charge in [-0.3, -0.25) is 4.79 Å². The van der Waals surface area contributed by atoms with E-state index in [9.17, 15) is 4.79 Å². The summed E-state index contributed by atoms with van der Waals surface area (Å²) >= 11 is 3.13. The second kappa shape index (κ2) is 5.73. The van der Waals surface area contributed by atoms with Crippen molar-refractivity contribution < 1.29 is 9.53 Å². The van der Waals surface area contributed by atoms with E-state index >= 15 is 0 Å². The van der Waals surface area contributed by atoms with Crippen molar-refractivity contribution in [3.8, 4) is 0 Å². The van der Waals surface area contributed by atoms with Gasteiger partial charge in [-0.15, -0.1) is 22.7 Å². The van der Waals surface area contributed by atoms with Crippen molar-refractivity contribution >= 4 is 38.9 Å². The zero-order valence-electron chi connectivity index (χ0n) is 10.9. The summed E-state index contributed by atoms with van der Waals surface area (Å²) in [4.78, 5) is 17.4. The molecule has 1 unspecified atom stereocenters. The quantitative estimate of drug-likeness (QED) is 0.678. The van der Waals surface area contributed by atoms with Crippen molar-refractivity contribution in [2.45, 2.75) is 19.4 Å². The second-order valence-electron chi connectivity index (χ2n) is 4.41. The number of thiophene rings is 1. The number of hydrogen-bond donors (Lipinski definition) is 0. The summed E-state index contributed by atoms with van der Waals surface area (Å²) in [6, 6.07) is 11.8. The Morgan fingerprint density at radius 2 is 2.15 bits per heavy atom. The molecule has 0 spiro atoms. The molecule has 5 heteroatoms. The number of rotatable bonds is 4. The van der Waals surface area contributed by atoms with Crippen LogP contribution in [0.15, 0.2) is 41.8 Å². The van der Waals surface area contributed by atoms with E-state index in [4.69, 9.17) is 4.74 Å². The van der Waals surface area contributed by atoms with Crippen molar-refractivity contribution in [3.63, 3.8) is 0 Å². The van der Waals surface area contributed by atoms with Crippen LogP contribution in [0.25, 0.3) is 10.2 Å². The fourth-order valence-corrected chi connectivity index (χ4v) is 3.55. The molecule has 3 rings (SSSR count). The Morgan fingerprint density at radius 3 is 2.90 bits per heavy atom. The van der Waals surface area contributed by atoms with Crippen molar-refractivity contribution in [3.05, 3.63) is 51.7 Å². The third-order valence-electron chi connectivity index (χ3n) is 2.87. The molecule has 0 radical (unpaired) electrons. The summed E-state index contributed by atoms with van der Waals surface area (Å²) in [5, 5.41) is 2.80. The first-order chi connectivity index (χ1) is 9.72. The first-order valence-corrected chi connectivity index (χ1v) is 7.99. The van der Waals surface area contributed by atoms with Gasteiger partial charge >= 0.3 is 5.97 Å². The zero-order valence-corrected chi connectivity index (χ0v) is 12.5. The molecule has 0 saturated carbocycles. The molecule has 3 nitrogen and oxygen atoms in total. The SMILES string of the molecule is CC(OC(=O)Cc1cccs1)c1nc2ccccc2s1. The Morgan fingerprint density at radius 1 is 1.30 bits per heavy atom. The molecule has 0 aliphatic rings. The van der Waals surface area contributed by atoms with Gasteiger partial charge < -0.3 is 4.74 Å². The molecule has 1 atom stereocenters. The predicted octanol–water partition coefficient (Wildman–Crippen LogP) is 4.20. The maximum absolute atomic E-state index is 11.9. The van der Waals surface area contributed by atoms with Crippen LogP contribution >= 0.6 is 22.7 Å². The lowest BCUT2D eigenvalue weighted by molar-refractivity contribution is -0.147. The summed E-state index contributed by atoms with van der Waals surface area (Å²) in [7, 11) is 0. The van der Waals surface area contributed by atoms with Gasteiger partial charge in [-0.05, 0) is 30.5 Å². The summed E-state index contributed by atoms with van der Waals surface area (Å²) in [6.45, 7) is 1.87. The molecular weight excluding hydrogens is 290 g/mol. The Hall–Kier alpha value is -1.72. The van der Waals surface area contributed by atoms with E-state index in [1.54, 1.807) is 22.7 Å². The van der Waals surface area contributed by atoms with Gasteiger partial charge in [0.1, 0.15) is 5.01 Å². The maximum atomic E-state index is 11.9. The number of aromatic nitrogens is 1. The zero-order chi connectivity index (χ0) is 13.9. The van der Waals surface area contributed by atoms with E-state index in [-0.39, 0.29) is 12.1 Å². The van der Waals surface area contributed by atoms with Gasteiger partial charge in [0.2, 0.25) is 0 Å². The van der Waals surface area contributed by atoms with Crippen LogP contribution in [0.4, 0.5) is 0 Å². The van der Waals surface area contributed by atoms with Crippen molar-refractivity contribution in [2.24, 2.45) is 0 Å². The average molecular weight is 303 g/mol. The molecule has 0 aliphatic carbocycles. The van der Waals surface area contributed by atoms with E-state index in [1.165, 1.54) is 0 Å². The Labute approximate surface area is 124 Å². The molecule has 3 aromatic rings. The largest absolute Gasteiger partial charge is 0.455 e. The van der Waals surface area contributed by atoms with Crippen LogP contribution in [-0.4, -0.2) is 11.0 Å². The van der Waals surface area contributed by atoms with Gasteiger partial charge in [0.25, 0.3) is 0 Å². The molecule has 20 heavy (non-hydrogen) atoms. The molecule has 0 saturated heterocycles. The highest BCUT2D eigenvalue weighted by Crippen LogP contribution is 2.28. The molecule has 2 heterocycles. The summed E-state index contributed by atoms with van der Waals surface area (Å²) < 4.78 is 6.57. The van der Waals surface area contributed by atoms with Gasteiger partial charge in [0, 0.05) is 4.88 Å². The van der Waals surface area contributed by atoms with E-state index < -0.39 is 0 Å². The Kier molecular flexibility index (Phi) is 3.80. The molecule has 0 N–H and O–H groups in total. The minimum atomic E-state index is -0.306. The molecular formula is C15H13NO2S2. The number of carbonyl (C=O) groups excluding carboxylic acids is 1. The standard InChI is InChI=1S/C15H13NO2S2/c1-10(18-14(17)9-11-5-4-8-19-11)15-16-12-6-2-3-7-13(12)20-15/h2-8,10H,9H2,1H3. The van der Waals surface area contributed by atoms with Crippen LogP contribution in [0, 0.1) is 0 Å². The van der Waals surface area contributed by atoms with Crippen LogP contribution < -0.4 is 0 Å². The number of hydrogen-bond acceptors (Lipinski definition) is 5. The van der Waals surface area contributed by atoms with Gasteiger partial charge in [-0.1, -0.05) is 18.2 Å². The number of nitrogens with zero attached hydrogens (tertiary/aromatic N) is 1. The summed E-state index contributed by atoms with van der Waals surface area (Å²) in [6.07, 6.45) is 0.0206. The van der Waals surface area contributed by atoms with Gasteiger partial charge in [-0.25, -0.2) is 4.98 Å². The number of ether oxygens (including phenoxy) is 1. The van der Waals surface area contributed by atoms with Crippen LogP contribution in [0.5, 0.6) is 0 Å². The minimum absolute atomic E-state index is 0.209. The highest BCUT2D eigenvalue weighted by Gasteiger charge is 2.16. The highest BCUT2D eigenvalue weighted by molar-refractivity contribution is 7.18. The average Bonchev–Trinajstić information content (AvgIpc) is 3.06. The normalized spacial score (nSPS) is 12.4. The third kappa shape index (κ3) is 2.89. The molecule has 102 valence electrons. The first-order valence-electron chi connectivity index (χ1n) is 6.30. The Bertz CT molecular complexity index is 685. The molecule has 0 aliphatic heterocycles. The van der Waals surface area contributed by atoms with Crippen LogP contribution in [0.1, 0.15) is 22.9 Å². The van der Waals surface area contributed by atoms with Crippen molar-refractivity contribution in [2.75, 3.05) is 0 Å². The molecule has 2 aromatic heterocycles. The first kappa shape index (κ1) is 13.3. The van der Waals surface area contributed by atoms with E-state index in [1.807, 2.05) is 48.7 Å². The smallest absolute Gasteiger partial charge is 0.311 e. The summed E-state index contributed by atoms with van der Waals surface area (Å²) in [5.74, 6) is -0.209. The lowest BCUT2D eigenvalue weighted by Gasteiger charge is -2.09. The van der Waals surface area contributed by atoms with Crippen LogP contribution in [0.3, 0.4) is 0 Å². The minimum Gasteiger partial charge on any atom is -0.455 e. The number of fused-ring (bicyclic) bond motifs is 1. The van der Waals surface area contributed by atoms with Crippen molar-refractivity contribution in [1.82, 2.24) is 4.98 Å². The third-order valence-corrected chi connectivity index (χ3v) is 4.94. The van der Waals surface area contributed by atoms with Crippen molar-refractivity contribution in [1.29, 1.82) is 0 Å².